The molecule has 0 aromatic carbocycles. The standard InChI is InChI=1S/C8H14O4.C8H16O2.C6H14O3/c9-7(10)5-3-1-2-4-6-8(11)12;1-2-3-4-5-6-7-8(9)10;1-2-6(3-7,4-8)5-9/h1-6H2,(H,9,10)(H,11,12);2-7H2,1H3,(H,9,10);7-9H,2-5H2,1H3. The van der Waals surface area contributed by atoms with Crippen molar-refractivity contribution < 1.29 is 45.0 Å². The van der Waals surface area contributed by atoms with Crippen LogP contribution < -0.4 is 0 Å². The molecule has 0 fully saturated rings. The van der Waals surface area contributed by atoms with Crippen LogP contribution in [0.3, 0.4) is 0 Å². The Hall–Kier alpha value is -1.71. The fourth-order valence-corrected chi connectivity index (χ4v) is 2.27. The molecule has 0 saturated carbocycles. The third-order valence-corrected chi connectivity index (χ3v) is 4.78. The number of hydrogen-bond donors (Lipinski definition) is 6. The topological polar surface area (TPSA) is 173 Å². The van der Waals surface area contributed by atoms with Crippen LogP contribution in [0.1, 0.15) is 97.3 Å². The zero-order valence-corrected chi connectivity index (χ0v) is 19.2. The van der Waals surface area contributed by atoms with Crippen LogP contribution in [0.15, 0.2) is 0 Å². The Kier molecular flexibility index (Phi) is 26.9. The number of aliphatic hydroxyl groups excluding tert-OH is 3. The molecular formula is C22H44O9. The Morgan fingerprint density at radius 2 is 0.839 bits per heavy atom. The fraction of sp³-hybridized carbons (Fsp3) is 0.864. The number of aliphatic carboxylic acids is 3. The first-order valence-corrected chi connectivity index (χ1v) is 11.1. The molecule has 0 saturated heterocycles. The second-order valence-electron chi connectivity index (χ2n) is 7.59. The van der Waals surface area contributed by atoms with Gasteiger partial charge in [-0.15, -0.1) is 0 Å². The van der Waals surface area contributed by atoms with E-state index >= 15 is 0 Å². The average molecular weight is 453 g/mol. The van der Waals surface area contributed by atoms with Crippen LogP contribution in [-0.2, 0) is 14.4 Å². The van der Waals surface area contributed by atoms with E-state index in [-0.39, 0.29) is 32.7 Å². The highest BCUT2D eigenvalue weighted by Crippen LogP contribution is 2.18. The summed E-state index contributed by atoms with van der Waals surface area (Å²) >= 11 is 0. The van der Waals surface area contributed by atoms with Crippen LogP contribution in [-0.4, -0.2) is 68.4 Å². The molecule has 0 spiro atoms. The Morgan fingerprint density at radius 1 is 0.548 bits per heavy atom. The van der Waals surface area contributed by atoms with Gasteiger partial charge in [0.2, 0.25) is 0 Å². The molecule has 0 unspecified atom stereocenters. The summed E-state index contributed by atoms with van der Waals surface area (Å²) in [4.78, 5) is 30.1. The Bertz CT molecular complexity index is 399. The van der Waals surface area contributed by atoms with Crippen LogP contribution in [0.4, 0.5) is 0 Å². The summed E-state index contributed by atoms with van der Waals surface area (Å²) in [5.74, 6) is -2.24. The molecule has 0 amide bonds. The van der Waals surface area contributed by atoms with Gasteiger partial charge in [0.1, 0.15) is 0 Å². The Labute approximate surface area is 186 Å². The van der Waals surface area contributed by atoms with E-state index in [0.29, 0.717) is 25.7 Å². The predicted octanol–water partition coefficient (Wildman–Crippen LogP) is 3.29. The van der Waals surface area contributed by atoms with Crippen LogP contribution in [0.5, 0.6) is 0 Å². The smallest absolute Gasteiger partial charge is 0.303 e. The van der Waals surface area contributed by atoms with Crippen molar-refractivity contribution >= 4 is 17.9 Å². The lowest BCUT2D eigenvalue weighted by Crippen LogP contribution is -2.32. The van der Waals surface area contributed by atoms with Gasteiger partial charge in [0.05, 0.1) is 19.8 Å². The van der Waals surface area contributed by atoms with Gasteiger partial charge in [0.25, 0.3) is 0 Å². The first-order chi connectivity index (χ1) is 14.6. The molecule has 0 atom stereocenters. The van der Waals surface area contributed by atoms with Crippen molar-refractivity contribution in [3.05, 3.63) is 0 Å². The minimum atomic E-state index is -0.784. The maximum Gasteiger partial charge on any atom is 0.303 e. The van der Waals surface area contributed by atoms with Gasteiger partial charge in [0, 0.05) is 24.7 Å². The molecular weight excluding hydrogens is 408 g/mol. The molecule has 0 radical (unpaired) electrons. The molecule has 0 bridgehead atoms. The minimum Gasteiger partial charge on any atom is -0.481 e. The molecule has 9 heteroatoms. The van der Waals surface area contributed by atoms with Crippen molar-refractivity contribution in [2.24, 2.45) is 5.41 Å². The fourth-order valence-electron chi connectivity index (χ4n) is 2.27. The summed E-state index contributed by atoms with van der Waals surface area (Å²) in [5.41, 5.74) is -0.667. The molecule has 186 valence electrons. The second kappa shape index (κ2) is 24.6. The number of aliphatic hydroxyl groups is 3. The van der Waals surface area contributed by atoms with Gasteiger partial charge in [-0.1, -0.05) is 52.4 Å². The van der Waals surface area contributed by atoms with Gasteiger partial charge in [0.15, 0.2) is 0 Å². The first kappa shape index (κ1) is 33.9. The first-order valence-electron chi connectivity index (χ1n) is 11.1. The van der Waals surface area contributed by atoms with Crippen molar-refractivity contribution in [1.29, 1.82) is 0 Å². The lowest BCUT2D eigenvalue weighted by molar-refractivity contribution is -0.138. The minimum absolute atomic E-state index is 0.156. The van der Waals surface area contributed by atoms with Gasteiger partial charge in [-0.3, -0.25) is 14.4 Å². The van der Waals surface area contributed by atoms with E-state index in [2.05, 4.69) is 6.92 Å². The van der Waals surface area contributed by atoms with E-state index in [1.807, 2.05) is 6.92 Å². The number of carboxylic acid groups (broad SMARTS) is 3. The van der Waals surface area contributed by atoms with Crippen molar-refractivity contribution in [3.63, 3.8) is 0 Å². The molecule has 0 heterocycles. The van der Waals surface area contributed by atoms with Gasteiger partial charge in [-0.2, -0.15) is 0 Å². The lowest BCUT2D eigenvalue weighted by atomic mass is 9.88. The molecule has 6 N–H and O–H groups in total. The maximum atomic E-state index is 10.0. The van der Waals surface area contributed by atoms with Gasteiger partial charge >= 0.3 is 17.9 Å². The van der Waals surface area contributed by atoms with E-state index in [1.165, 1.54) is 19.3 Å². The van der Waals surface area contributed by atoms with Crippen LogP contribution in [0.25, 0.3) is 0 Å². The van der Waals surface area contributed by atoms with Crippen molar-refractivity contribution in [3.8, 4) is 0 Å². The molecule has 0 aromatic heterocycles. The maximum absolute atomic E-state index is 10.0. The highest BCUT2D eigenvalue weighted by Gasteiger charge is 2.24. The van der Waals surface area contributed by atoms with E-state index in [9.17, 15) is 14.4 Å². The Balaban J connectivity index is -0.000000384. The summed E-state index contributed by atoms with van der Waals surface area (Å²) in [6, 6.07) is 0. The van der Waals surface area contributed by atoms with Crippen LogP contribution in [0.2, 0.25) is 0 Å². The number of hydrogen-bond acceptors (Lipinski definition) is 6. The van der Waals surface area contributed by atoms with E-state index < -0.39 is 23.3 Å². The zero-order valence-electron chi connectivity index (χ0n) is 19.2. The molecule has 0 aliphatic carbocycles. The van der Waals surface area contributed by atoms with Gasteiger partial charge in [-0.05, 0) is 25.7 Å². The molecule has 0 aromatic rings. The summed E-state index contributed by atoms with van der Waals surface area (Å²) in [5, 5.41) is 50.8. The van der Waals surface area contributed by atoms with Crippen molar-refractivity contribution in [2.75, 3.05) is 19.8 Å². The molecule has 0 rings (SSSR count). The third-order valence-electron chi connectivity index (χ3n) is 4.78. The normalized spacial score (nSPS) is 10.4. The number of rotatable bonds is 17. The lowest BCUT2D eigenvalue weighted by Gasteiger charge is -2.24. The highest BCUT2D eigenvalue weighted by molar-refractivity contribution is 5.67. The molecule has 0 aliphatic rings. The second-order valence-corrected chi connectivity index (χ2v) is 7.59. The predicted molar refractivity (Wildman–Crippen MR) is 118 cm³/mol. The molecule has 0 aliphatic heterocycles. The largest absolute Gasteiger partial charge is 0.481 e. The van der Waals surface area contributed by atoms with E-state index in [4.69, 9.17) is 30.6 Å². The quantitative estimate of drug-likeness (QED) is 0.181. The van der Waals surface area contributed by atoms with E-state index in [0.717, 1.165) is 25.7 Å². The molecule has 9 nitrogen and oxygen atoms in total. The number of carbonyl (C=O) groups is 3. The third kappa shape index (κ3) is 28.3. The van der Waals surface area contributed by atoms with Crippen molar-refractivity contribution in [2.45, 2.75) is 97.3 Å². The monoisotopic (exact) mass is 452 g/mol. The highest BCUT2D eigenvalue weighted by atomic mass is 16.4. The summed E-state index contributed by atoms with van der Waals surface area (Å²) in [7, 11) is 0. The molecule has 31 heavy (non-hydrogen) atoms. The van der Waals surface area contributed by atoms with Gasteiger partial charge in [-0.25, -0.2) is 0 Å². The van der Waals surface area contributed by atoms with Crippen LogP contribution in [0, 0.1) is 5.41 Å². The SMILES string of the molecule is CCC(CO)(CO)CO.CCCCCCCC(=O)O.O=C(O)CCCCCCC(=O)O. The van der Waals surface area contributed by atoms with Gasteiger partial charge < -0.3 is 30.6 Å². The van der Waals surface area contributed by atoms with E-state index in [1.54, 1.807) is 0 Å². The summed E-state index contributed by atoms with van der Waals surface area (Å²) in [6.07, 6.45) is 9.76. The average Bonchev–Trinajstić information content (AvgIpc) is 2.73. The number of unbranched alkanes of at least 4 members (excludes halogenated alkanes) is 7. The van der Waals surface area contributed by atoms with Crippen molar-refractivity contribution in [1.82, 2.24) is 0 Å². The zero-order chi connectivity index (χ0) is 24.5. The van der Waals surface area contributed by atoms with Crippen LogP contribution >= 0.6 is 0 Å². The summed E-state index contributed by atoms with van der Waals surface area (Å²) < 4.78 is 0. The Morgan fingerprint density at radius 3 is 1.00 bits per heavy atom. The summed E-state index contributed by atoms with van der Waals surface area (Å²) in [6.45, 7) is 3.50. The number of carboxylic acids is 3.